The van der Waals surface area contributed by atoms with Gasteiger partial charge in [0.05, 0.1) is 11.3 Å². The first kappa shape index (κ1) is 20.1. The first-order valence-corrected chi connectivity index (χ1v) is 10.3. The highest BCUT2D eigenvalue weighted by molar-refractivity contribution is 7.88. The zero-order valence-corrected chi connectivity index (χ0v) is 15.9. The van der Waals surface area contributed by atoms with Gasteiger partial charge in [0.25, 0.3) is 0 Å². The van der Waals surface area contributed by atoms with E-state index in [9.17, 15) is 8.42 Å². The maximum Gasteiger partial charge on any atom is 0.216 e. The highest BCUT2D eigenvalue weighted by atomic mass is 35.5. The first-order valence-electron chi connectivity index (χ1n) is 8.62. The van der Waals surface area contributed by atoms with Gasteiger partial charge in [-0.3, -0.25) is 4.98 Å². The average molecular weight is 384 g/mol. The van der Waals surface area contributed by atoms with E-state index in [4.69, 9.17) is 5.73 Å². The van der Waals surface area contributed by atoms with Crippen molar-refractivity contribution in [2.75, 3.05) is 6.54 Å². The quantitative estimate of drug-likeness (QED) is 0.802. The Hall–Kier alpha value is -1.21. The maximum absolute atomic E-state index is 12.7. The molecule has 1 aliphatic carbocycles. The van der Waals surface area contributed by atoms with Crippen molar-refractivity contribution in [1.82, 2.24) is 9.71 Å². The van der Waals surface area contributed by atoms with E-state index in [0.717, 1.165) is 42.1 Å². The third-order valence-electron chi connectivity index (χ3n) is 4.87. The molecule has 1 atom stereocenters. The van der Waals surface area contributed by atoms with Crippen LogP contribution in [0.4, 0.5) is 0 Å². The van der Waals surface area contributed by atoms with Gasteiger partial charge in [0.1, 0.15) is 0 Å². The number of nitrogens with zero attached hydrogens (tertiary/aromatic N) is 1. The summed E-state index contributed by atoms with van der Waals surface area (Å²) in [6.45, 7) is 0.345. The highest BCUT2D eigenvalue weighted by Crippen LogP contribution is 2.27. The van der Waals surface area contributed by atoms with E-state index < -0.39 is 10.0 Å². The minimum absolute atomic E-state index is 0. The molecular weight excluding hydrogens is 358 g/mol. The number of hydrogen-bond acceptors (Lipinski definition) is 4. The van der Waals surface area contributed by atoms with Gasteiger partial charge in [0, 0.05) is 24.2 Å². The van der Waals surface area contributed by atoms with Crippen molar-refractivity contribution in [3.05, 3.63) is 42.1 Å². The SMILES string of the molecule is Cl.NCC(NS(=O)(=O)Cc1cccc2cccnc12)C1CCCCC1. The van der Waals surface area contributed by atoms with E-state index in [2.05, 4.69) is 9.71 Å². The molecule has 1 saturated carbocycles. The van der Waals surface area contributed by atoms with Crippen LogP contribution in [0.5, 0.6) is 0 Å². The second-order valence-corrected chi connectivity index (χ2v) is 8.36. The Balaban J connectivity index is 0.00000225. The summed E-state index contributed by atoms with van der Waals surface area (Å²) in [7, 11) is -3.46. The molecular formula is C18H26ClN3O2S. The molecule has 1 aromatic carbocycles. The van der Waals surface area contributed by atoms with Crippen molar-refractivity contribution in [3.8, 4) is 0 Å². The van der Waals surface area contributed by atoms with Crippen LogP contribution in [0.25, 0.3) is 10.9 Å². The summed E-state index contributed by atoms with van der Waals surface area (Å²) in [4.78, 5) is 4.34. The third kappa shape index (κ3) is 5.14. The van der Waals surface area contributed by atoms with Crippen LogP contribution in [0.3, 0.4) is 0 Å². The molecule has 0 bridgehead atoms. The Morgan fingerprint density at radius 1 is 1.16 bits per heavy atom. The number of benzene rings is 1. The zero-order chi connectivity index (χ0) is 17.0. The topological polar surface area (TPSA) is 85.1 Å². The van der Waals surface area contributed by atoms with Crippen LogP contribution in [0.1, 0.15) is 37.7 Å². The van der Waals surface area contributed by atoms with E-state index >= 15 is 0 Å². The summed E-state index contributed by atoms with van der Waals surface area (Å²) in [5.74, 6) is 0.286. The Morgan fingerprint density at radius 2 is 1.88 bits per heavy atom. The molecule has 1 aliphatic rings. The van der Waals surface area contributed by atoms with Crippen LogP contribution in [0.2, 0.25) is 0 Å². The summed E-state index contributed by atoms with van der Waals surface area (Å²) < 4.78 is 28.2. The highest BCUT2D eigenvalue weighted by Gasteiger charge is 2.27. The molecule has 3 N–H and O–H groups in total. The zero-order valence-electron chi connectivity index (χ0n) is 14.2. The predicted molar refractivity (Wildman–Crippen MR) is 104 cm³/mol. The molecule has 1 heterocycles. The fourth-order valence-electron chi connectivity index (χ4n) is 3.63. The number of rotatable bonds is 6. The monoisotopic (exact) mass is 383 g/mol. The predicted octanol–water partition coefficient (Wildman–Crippen LogP) is 2.98. The summed E-state index contributed by atoms with van der Waals surface area (Å²) in [5, 5.41) is 0.952. The summed E-state index contributed by atoms with van der Waals surface area (Å²) >= 11 is 0. The van der Waals surface area contributed by atoms with E-state index in [-0.39, 0.29) is 24.2 Å². The maximum atomic E-state index is 12.7. The average Bonchev–Trinajstić information content (AvgIpc) is 2.60. The van der Waals surface area contributed by atoms with Crippen LogP contribution in [0.15, 0.2) is 36.5 Å². The number of nitrogens with two attached hydrogens (primary N) is 1. The minimum Gasteiger partial charge on any atom is -0.329 e. The Bertz CT molecular complexity index is 787. The van der Waals surface area contributed by atoms with Gasteiger partial charge >= 0.3 is 0 Å². The molecule has 0 spiro atoms. The Morgan fingerprint density at radius 3 is 2.60 bits per heavy atom. The summed E-state index contributed by atoms with van der Waals surface area (Å²) in [6, 6.07) is 9.26. The lowest BCUT2D eigenvalue weighted by molar-refractivity contribution is 0.294. The first-order chi connectivity index (χ1) is 11.6. The van der Waals surface area contributed by atoms with Crippen LogP contribution in [0, 0.1) is 5.92 Å². The molecule has 7 heteroatoms. The standard InChI is InChI=1S/C18H25N3O2S.ClH/c19-12-17(14-6-2-1-3-7-14)21-24(22,23)13-16-9-4-8-15-10-5-11-20-18(15)16;/h4-5,8-11,14,17,21H,1-3,6-7,12-13,19H2;1H. The number of para-hydroxylation sites is 1. The molecule has 0 aliphatic heterocycles. The Labute approximate surface area is 155 Å². The minimum atomic E-state index is -3.46. The lowest BCUT2D eigenvalue weighted by Gasteiger charge is -2.29. The number of hydrogen-bond donors (Lipinski definition) is 2. The molecule has 0 saturated heterocycles. The van der Waals surface area contributed by atoms with Gasteiger partial charge in [-0.2, -0.15) is 0 Å². The number of halogens is 1. The van der Waals surface area contributed by atoms with Gasteiger partial charge in [-0.1, -0.05) is 43.5 Å². The molecule has 1 aromatic heterocycles. The van der Waals surface area contributed by atoms with Gasteiger partial charge in [-0.05, 0) is 30.4 Å². The second kappa shape index (κ2) is 8.94. The van der Waals surface area contributed by atoms with E-state index in [1.807, 2.05) is 30.3 Å². The molecule has 3 rings (SSSR count). The number of sulfonamides is 1. The van der Waals surface area contributed by atoms with E-state index in [1.54, 1.807) is 6.20 Å². The van der Waals surface area contributed by atoms with Crippen molar-refractivity contribution < 1.29 is 8.42 Å². The summed E-state index contributed by atoms with van der Waals surface area (Å²) in [6.07, 6.45) is 7.37. The fraction of sp³-hybridized carbons (Fsp3) is 0.500. The third-order valence-corrected chi connectivity index (χ3v) is 6.22. The van der Waals surface area contributed by atoms with Crippen molar-refractivity contribution in [2.45, 2.75) is 43.9 Å². The van der Waals surface area contributed by atoms with Crippen molar-refractivity contribution in [2.24, 2.45) is 11.7 Å². The lowest BCUT2D eigenvalue weighted by atomic mass is 9.84. The Kier molecular flexibility index (Phi) is 7.19. The van der Waals surface area contributed by atoms with Gasteiger partial charge in [0.15, 0.2) is 0 Å². The summed E-state index contributed by atoms with van der Waals surface area (Å²) in [5.41, 5.74) is 7.32. The molecule has 1 fully saturated rings. The molecule has 25 heavy (non-hydrogen) atoms. The normalized spacial score (nSPS) is 17.2. The fourth-order valence-corrected chi connectivity index (χ4v) is 5.11. The van der Waals surface area contributed by atoms with Gasteiger partial charge < -0.3 is 5.73 Å². The van der Waals surface area contributed by atoms with Gasteiger partial charge in [0.2, 0.25) is 10.0 Å². The van der Waals surface area contributed by atoms with E-state index in [0.29, 0.717) is 12.5 Å². The van der Waals surface area contributed by atoms with Gasteiger partial charge in [-0.15, -0.1) is 12.4 Å². The number of pyridine rings is 1. The second-order valence-electron chi connectivity index (χ2n) is 6.61. The van der Waals surface area contributed by atoms with E-state index in [1.165, 1.54) is 6.42 Å². The van der Waals surface area contributed by atoms with Crippen LogP contribution in [-0.2, 0) is 15.8 Å². The van der Waals surface area contributed by atoms with Crippen LogP contribution < -0.4 is 10.5 Å². The molecule has 0 amide bonds. The molecule has 0 radical (unpaired) electrons. The molecule has 2 aromatic rings. The van der Waals surface area contributed by atoms with Crippen molar-refractivity contribution >= 4 is 33.3 Å². The number of fused-ring (bicyclic) bond motifs is 1. The number of nitrogens with one attached hydrogen (secondary N) is 1. The lowest BCUT2D eigenvalue weighted by Crippen LogP contribution is -2.46. The number of aromatic nitrogens is 1. The molecule has 5 nitrogen and oxygen atoms in total. The smallest absolute Gasteiger partial charge is 0.216 e. The largest absolute Gasteiger partial charge is 0.329 e. The molecule has 1 unspecified atom stereocenters. The van der Waals surface area contributed by atoms with Gasteiger partial charge in [-0.25, -0.2) is 13.1 Å². The van der Waals surface area contributed by atoms with Crippen molar-refractivity contribution in [3.63, 3.8) is 0 Å². The molecule has 138 valence electrons. The van der Waals surface area contributed by atoms with Crippen LogP contribution >= 0.6 is 12.4 Å². The van der Waals surface area contributed by atoms with Crippen LogP contribution in [-0.4, -0.2) is 26.0 Å². The van der Waals surface area contributed by atoms with Crippen molar-refractivity contribution in [1.29, 1.82) is 0 Å².